The Hall–Kier alpha value is -2.77. The monoisotopic (exact) mass is 489 g/mol. The third-order valence-electron chi connectivity index (χ3n) is 5.61. The predicted octanol–water partition coefficient (Wildman–Crippen LogP) is 2.91. The van der Waals surface area contributed by atoms with Crippen LogP contribution in [-0.2, 0) is 26.0 Å². The largest absolute Gasteiger partial charge is 0.467 e. The molecule has 2 aromatic rings. The van der Waals surface area contributed by atoms with E-state index >= 15 is 0 Å². The van der Waals surface area contributed by atoms with Crippen LogP contribution in [0.5, 0.6) is 0 Å². The molecule has 2 N–H and O–H groups in total. The van der Waals surface area contributed by atoms with Gasteiger partial charge in [0.05, 0.1) is 35.3 Å². The highest BCUT2D eigenvalue weighted by atomic mass is 32.2. The first-order valence-corrected chi connectivity index (χ1v) is 13.4. The van der Waals surface area contributed by atoms with E-state index < -0.39 is 15.8 Å². The molecule has 1 saturated carbocycles. The van der Waals surface area contributed by atoms with Gasteiger partial charge in [-0.1, -0.05) is 12.8 Å². The van der Waals surface area contributed by atoms with Crippen LogP contribution in [0.15, 0.2) is 56.9 Å². The van der Waals surface area contributed by atoms with Gasteiger partial charge in [-0.2, -0.15) is 5.26 Å². The van der Waals surface area contributed by atoms with Gasteiger partial charge >= 0.3 is 0 Å². The first kappa shape index (κ1) is 24.9. The second-order valence-electron chi connectivity index (χ2n) is 7.92. The average molecular weight is 490 g/mol. The maximum absolute atomic E-state index is 13.0. The number of nitrogens with one attached hydrogen (secondary N) is 2. The maximum atomic E-state index is 13.0. The Morgan fingerprint density at radius 3 is 2.58 bits per heavy atom. The molecule has 1 heterocycles. The molecule has 2 amide bonds. The van der Waals surface area contributed by atoms with Gasteiger partial charge in [0.25, 0.3) is 0 Å². The highest BCUT2D eigenvalue weighted by Gasteiger charge is 2.34. The molecular formula is C23H27N3O5S2. The average Bonchev–Trinajstić information content (AvgIpc) is 3.34. The van der Waals surface area contributed by atoms with E-state index in [9.17, 15) is 18.0 Å². The van der Waals surface area contributed by atoms with E-state index in [-0.39, 0.29) is 40.7 Å². The fraction of sp³-hybridized carbons (Fsp3) is 0.435. The third-order valence-corrected chi connectivity index (χ3v) is 8.48. The van der Waals surface area contributed by atoms with Crippen molar-refractivity contribution in [2.75, 3.05) is 18.1 Å². The van der Waals surface area contributed by atoms with Crippen molar-refractivity contribution in [3.8, 4) is 6.07 Å². The van der Waals surface area contributed by atoms with Crippen LogP contribution in [0, 0.1) is 23.2 Å². The van der Waals surface area contributed by atoms with Crippen LogP contribution in [0.1, 0.15) is 31.4 Å². The SMILES string of the molecule is N#CCNC(=O)[C@@H]1CCCC[C@H]1CS(=O)(=O)c1ccc(SCC(=O)NCc2ccco2)cc1. The van der Waals surface area contributed by atoms with Gasteiger partial charge in [-0.05, 0) is 55.2 Å². The minimum Gasteiger partial charge on any atom is -0.467 e. The number of amides is 2. The van der Waals surface area contributed by atoms with E-state index in [1.807, 2.05) is 6.07 Å². The van der Waals surface area contributed by atoms with Crippen molar-refractivity contribution in [3.63, 3.8) is 0 Å². The Kier molecular flexibility index (Phi) is 8.97. The molecule has 8 nitrogen and oxygen atoms in total. The summed E-state index contributed by atoms with van der Waals surface area (Å²) in [6.07, 6.45) is 4.62. The van der Waals surface area contributed by atoms with Crippen molar-refractivity contribution < 1.29 is 22.4 Å². The van der Waals surface area contributed by atoms with Crippen LogP contribution >= 0.6 is 11.8 Å². The quantitative estimate of drug-likeness (QED) is 0.388. The van der Waals surface area contributed by atoms with E-state index in [4.69, 9.17) is 9.68 Å². The van der Waals surface area contributed by atoms with Crippen molar-refractivity contribution in [1.82, 2.24) is 10.6 Å². The highest BCUT2D eigenvalue weighted by molar-refractivity contribution is 8.00. The van der Waals surface area contributed by atoms with Crippen molar-refractivity contribution in [2.45, 2.75) is 42.0 Å². The molecule has 33 heavy (non-hydrogen) atoms. The molecule has 0 saturated heterocycles. The minimum absolute atomic E-state index is 0.0746. The standard InChI is InChI=1S/C23H27N3O5S2/c24-11-12-25-23(28)21-6-2-1-4-17(21)16-33(29,30)20-9-7-19(8-10-20)32-15-22(27)26-14-18-5-3-13-31-18/h3,5,7-10,13,17,21H,1-2,4,6,12,14-16H2,(H,25,28)(H,26,27)/t17-,21+/m0/s1. The molecule has 0 aliphatic heterocycles. The second kappa shape index (κ2) is 11.9. The molecule has 1 aromatic carbocycles. The lowest BCUT2D eigenvalue weighted by atomic mass is 9.80. The molecule has 1 fully saturated rings. The van der Waals surface area contributed by atoms with Gasteiger partial charge in [0.2, 0.25) is 11.8 Å². The fourth-order valence-electron chi connectivity index (χ4n) is 3.93. The van der Waals surface area contributed by atoms with Crippen LogP contribution in [0.25, 0.3) is 0 Å². The van der Waals surface area contributed by atoms with Gasteiger partial charge in [0.1, 0.15) is 12.3 Å². The molecule has 0 unspecified atom stereocenters. The number of furan rings is 1. The number of sulfone groups is 1. The lowest BCUT2D eigenvalue weighted by Gasteiger charge is -2.30. The summed E-state index contributed by atoms with van der Waals surface area (Å²) in [5, 5.41) is 14.0. The predicted molar refractivity (Wildman–Crippen MR) is 124 cm³/mol. The topological polar surface area (TPSA) is 129 Å². The summed E-state index contributed by atoms with van der Waals surface area (Å²) in [7, 11) is -3.57. The fourth-order valence-corrected chi connectivity index (χ4v) is 6.36. The van der Waals surface area contributed by atoms with Crippen LogP contribution in [0.4, 0.5) is 0 Å². The molecular weight excluding hydrogens is 462 g/mol. The number of hydrogen-bond donors (Lipinski definition) is 2. The molecule has 2 atom stereocenters. The van der Waals surface area contributed by atoms with Gasteiger partial charge in [0.15, 0.2) is 9.84 Å². The van der Waals surface area contributed by atoms with Crippen molar-refractivity contribution in [2.24, 2.45) is 11.8 Å². The van der Waals surface area contributed by atoms with Crippen LogP contribution in [0.2, 0.25) is 0 Å². The first-order chi connectivity index (χ1) is 15.9. The summed E-state index contributed by atoms with van der Waals surface area (Å²) in [5.41, 5.74) is 0. The third kappa shape index (κ3) is 7.37. The smallest absolute Gasteiger partial charge is 0.230 e. The first-order valence-electron chi connectivity index (χ1n) is 10.8. The number of benzene rings is 1. The molecule has 0 spiro atoms. The molecule has 3 rings (SSSR count). The zero-order valence-electron chi connectivity index (χ0n) is 18.2. The van der Waals surface area contributed by atoms with Gasteiger partial charge in [0, 0.05) is 10.8 Å². The lowest BCUT2D eigenvalue weighted by molar-refractivity contribution is -0.127. The summed E-state index contributed by atoms with van der Waals surface area (Å²) in [5.74, 6) is -0.274. The van der Waals surface area contributed by atoms with Gasteiger partial charge in [-0.3, -0.25) is 9.59 Å². The number of carbonyl (C=O) groups is 2. The Balaban J connectivity index is 1.54. The molecule has 1 aliphatic carbocycles. The molecule has 0 radical (unpaired) electrons. The number of hydrogen-bond acceptors (Lipinski definition) is 7. The Morgan fingerprint density at radius 1 is 1.12 bits per heavy atom. The normalized spacial score (nSPS) is 18.3. The Labute approximate surface area is 198 Å². The van der Waals surface area contributed by atoms with E-state index in [0.717, 1.165) is 17.7 Å². The summed E-state index contributed by atoms with van der Waals surface area (Å²) < 4.78 is 31.2. The number of nitrogens with zero attached hydrogens (tertiary/aromatic N) is 1. The van der Waals surface area contributed by atoms with Crippen LogP contribution in [0.3, 0.4) is 0 Å². The van der Waals surface area contributed by atoms with Gasteiger partial charge < -0.3 is 15.1 Å². The molecule has 1 aliphatic rings. The second-order valence-corrected chi connectivity index (χ2v) is 11.0. The Bertz CT molecular complexity index is 1080. The highest BCUT2D eigenvalue weighted by Crippen LogP contribution is 2.33. The zero-order chi connectivity index (χ0) is 23.7. The van der Waals surface area contributed by atoms with Crippen LogP contribution < -0.4 is 10.6 Å². The van der Waals surface area contributed by atoms with E-state index in [1.54, 1.807) is 42.7 Å². The van der Waals surface area contributed by atoms with Crippen LogP contribution in [-0.4, -0.2) is 38.3 Å². The molecule has 1 aromatic heterocycles. The molecule has 10 heteroatoms. The molecule has 176 valence electrons. The molecule has 0 bridgehead atoms. The van der Waals surface area contributed by atoms with Crippen molar-refractivity contribution in [1.29, 1.82) is 5.26 Å². The van der Waals surface area contributed by atoms with Crippen molar-refractivity contribution >= 4 is 33.4 Å². The van der Waals surface area contributed by atoms with E-state index in [2.05, 4.69) is 10.6 Å². The van der Waals surface area contributed by atoms with E-state index in [0.29, 0.717) is 25.1 Å². The summed E-state index contributed by atoms with van der Waals surface area (Å²) in [4.78, 5) is 25.4. The number of rotatable bonds is 10. The number of thioether (sulfide) groups is 1. The summed E-state index contributed by atoms with van der Waals surface area (Å²) >= 11 is 1.32. The maximum Gasteiger partial charge on any atom is 0.230 e. The summed E-state index contributed by atoms with van der Waals surface area (Å²) in [6, 6.07) is 11.9. The minimum atomic E-state index is -3.57. The lowest BCUT2D eigenvalue weighted by Crippen LogP contribution is -2.39. The van der Waals surface area contributed by atoms with Crippen molar-refractivity contribution in [3.05, 3.63) is 48.4 Å². The zero-order valence-corrected chi connectivity index (χ0v) is 19.8. The number of carbonyl (C=O) groups excluding carboxylic acids is 2. The van der Waals surface area contributed by atoms with Gasteiger partial charge in [-0.15, -0.1) is 11.8 Å². The Morgan fingerprint density at radius 2 is 1.88 bits per heavy atom. The van der Waals surface area contributed by atoms with E-state index in [1.165, 1.54) is 11.8 Å². The number of nitriles is 1. The summed E-state index contributed by atoms with van der Waals surface area (Å²) in [6.45, 7) is 0.245. The van der Waals surface area contributed by atoms with Gasteiger partial charge in [-0.25, -0.2) is 8.42 Å².